The van der Waals surface area contributed by atoms with E-state index in [2.05, 4.69) is 18.1 Å². The van der Waals surface area contributed by atoms with Crippen molar-refractivity contribution in [1.82, 2.24) is 9.78 Å². The Balaban J connectivity index is 2.07. The molecule has 0 saturated heterocycles. The molecule has 0 aliphatic heterocycles. The number of fused-ring (bicyclic) bond motifs is 1. The summed E-state index contributed by atoms with van der Waals surface area (Å²) in [6, 6.07) is 2.09. The summed E-state index contributed by atoms with van der Waals surface area (Å²) in [5, 5.41) is 24.0. The monoisotopic (exact) mass is 342 g/mol. The number of aliphatic carboxylic acids is 1. The fourth-order valence-corrected chi connectivity index (χ4v) is 4.09. The minimum atomic E-state index is -0.868. The molecule has 2 aromatic rings. The Bertz CT molecular complexity index is 821. The van der Waals surface area contributed by atoms with Crippen LogP contribution in [-0.2, 0) is 43.4 Å². The van der Waals surface area contributed by atoms with Crippen LogP contribution in [0.1, 0.15) is 59.5 Å². The van der Waals surface area contributed by atoms with E-state index in [0.717, 1.165) is 66.6 Å². The van der Waals surface area contributed by atoms with E-state index in [4.69, 9.17) is 5.11 Å². The van der Waals surface area contributed by atoms with Crippen LogP contribution in [0.5, 0.6) is 5.75 Å². The molecule has 0 spiro atoms. The van der Waals surface area contributed by atoms with Crippen LogP contribution in [0.2, 0.25) is 0 Å². The number of carboxylic acids is 1. The highest BCUT2D eigenvalue weighted by atomic mass is 16.4. The van der Waals surface area contributed by atoms with E-state index in [0.29, 0.717) is 5.75 Å². The summed E-state index contributed by atoms with van der Waals surface area (Å²) in [5.41, 5.74) is 7.70. The van der Waals surface area contributed by atoms with Crippen LogP contribution in [0.15, 0.2) is 6.07 Å². The molecule has 0 amide bonds. The number of rotatable bonds is 6. The number of benzene rings is 1. The summed E-state index contributed by atoms with van der Waals surface area (Å²) in [4.78, 5) is 11.2. The van der Waals surface area contributed by atoms with Gasteiger partial charge in [-0.05, 0) is 61.3 Å². The molecule has 0 fully saturated rings. The molecule has 0 bridgehead atoms. The molecule has 1 aromatic heterocycles. The second-order valence-corrected chi connectivity index (χ2v) is 6.82. The van der Waals surface area contributed by atoms with E-state index in [-0.39, 0.29) is 6.54 Å². The zero-order valence-corrected chi connectivity index (χ0v) is 15.2. The lowest BCUT2D eigenvalue weighted by Crippen LogP contribution is -2.13. The first-order valence-electron chi connectivity index (χ1n) is 9.08. The van der Waals surface area contributed by atoms with Crippen LogP contribution in [0.25, 0.3) is 0 Å². The normalized spacial score (nSPS) is 13.2. The van der Waals surface area contributed by atoms with Crippen molar-refractivity contribution in [3.63, 3.8) is 0 Å². The molecule has 5 heteroatoms. The number of aromatic hydroxyl groups is 1. The minimum absolute atomic E-state index is 0.0944. The lowest BCUT2D eigenvalue weighted by Gasteiger charge is -2.14. The van der Waals surface area contributed by atoms with Gasteiger partial charge in [0.05, 0.1) is 5.69 Å². The Morgan fingerprint density at radius 3 is 2.60 bits per heavy atom. The SMILES string of the molecule is CCc1nn(CC(=O)O)c(CC)c1Cc1cc(C)c(O)c2c1CCC2. The quantitative estimate of drug-likeness (QED) is 0.845. The number of aryl methyl sites for hydroxylation is 2. The highest BCUT2D eigenvalue weighted by molar-refractivity contribution is 5.66. The van der Waals surface area contributed by atoms with Crippen LogP contribution in [-0.4, -0.2) is 26.0 Å². The average molecular weight is 342 g/mol. The highest BCUT2D eigenvalue weighted by Crippen LogP contribution is 2.36. The second kappa shape index (κ2) is 6.90. The summed E-state index contributed by atoms with van der Waals surface area (Å²) in [6.07, 6.45) is 5.33. The van der Waals surface area contributed by atoms with Gasteiger partial charge in [0.25, 0.3) is 0 Å². The van der Waals surface area contributed by atoms with E-state index in [1.807, 2.05) is 13.8 Å². The van der Waals surface area contributed by atoms with E-state index in [1.54, 1.807) is 4.68 Å². The maximum Gasteiger partial charge on any atom is 0.325 e. The molecule has 1 aliphatic carbocycles. The summed E-state index contributed by atoms with van der Waals surface area (Å²) < 4.78 is 1.64. The molecule has 0 saturated carbocycles. The number of hydrogen-bond acceptors (Lipinski definition) is 3. The largest absolute Gasteiger partial charge is 0.507 e. The van der Waals surface area contributed by atoms with Gasteiger partial charge in [-0.1, -0.05) is 19.9 Å². The van der Waals surface area contributed by atoms with Crippen molar-refractivity contribution in [1.29, 1.82) is 0 Å². The third-order valence-corrected chi connectivity index (χ3v) is 5.23. The van der Waals surface area contributed by atoms with Crippen LogP contribution < -0.4 is 0 Å². The molecule has 3 rings (SSSR count). The molecule has 0 radical (unpaired) electrons. The molecule has 0 unspecified atom stereocenters. The maximum atomic E-state index is 11.2. The number of nitrogens with zero attached hydrogens (tertiary/aromatic N) is 2. The smallest absolute Gasteiger partial charge is 0.325 e. The van der Waals surface area contributed by atoms with Crippen molar-refractivity contribution in [3.05, 3.63) is 45.3 Å². The standard InChI is InChI=1S/C20H26N2O3/c1-4-17-16(18(5-2)22(21-17)11-19(23)24)10-13-9-12(3)20(25)15-8-6-7-14(13)15/h9,25H,4-8,10-11H2,1-3H3,(H,23,24). The number of hydrogen-bond donors (Lipinski definition) is 2. The highest BCUT2D eigenvalue weighted by Gasteiger charge is 2.23. The Kier molecular flexibility index (Phi) is 4.84. The van der Waals surface area contributed by atoms with E-state index < -0.39 is 5.97 Å². The van der Waals surface area contributed by atoms with Gasteiger partial charge in [0.2, 0.25) is 0 Å². The van der Waals surface area contributed by atoms with Crippen molar-refractivity contribution in [2.24, 2.45) is 0 Å². The van der Waals surface area contributed by atoms with Crippen molar-refractivity contribution >= 4 is 5.97 Å². The second-order valence-electron chi connectivity index (χ2n) is 6.82. The molecule has 2 N–H and O–H groups in total. The topological polar surface area (TPSA) is 75.4 Å². The minimum Gasteiger partial charge on any atom is -0.507 e. The van der Waals surface area contributed by atoms with Gasteiger partial charge < -0.3 is 10.2 Å². The van der Waals surface area contributed by atoms with E-state index in [9.17, 15) is 9.90 Å². The third-order valence-electron chi connectivity index (χ3n) is 5.23. The summed E-state index contributed by atoms with van der Waals surface area (Å²) >= 11 is 0. The Morgan fingerprint density at radius 1 is 1.24 bits per heavy atom. The van der Waals surface area contributed by atoms with Gasteiger partial charge in [-0.3, -0.25) is 9.48 Å². The van der Waals surface area contributed by atoms with Crippen LogP contribution in [0, 0.1) is 6.92 Å². The lowest BCUT2D eigenvalue weighted by molar-refractivity contribution is -0.137. The fraction of sp³-hybridized carbons (Fsp3) is 0.500. The maximum absolute atomic E-state index is 11.2. The molecule has 1 aliphatic rings. The molecule has 5 nitrogen and oxygen atoms in total. The third kappa shape index (κ3) is 3.15. The zero-order valence-electron chi connectivity index (χ0n) is 15.2. The first-order chi connectivity index (χ1) is 12.0. The Hall–Kier alpha value is -2.30. The molecular formula is C20H26N2O3. The first kappa shape index (κ1) is 17.5. The van der Waals surface area contributed by atoms with Crippen molar-refractivity contribution in [3.8, 4) is 5.75 Å². The summed E-state index contributed by atoms with van der Waals surface area (Å²) in [7, 11) is 0. The number of phenols is 1. The van der Waals surface area contributed by atoms with E-state index in [1.165, 1.54) is 11.1 Å². The van der Waals surface area contributed by atoms with Crippen molar-refractivity contribution in [2.75, 3.05) is 0 Å². The first-order valence-corrected chi connectivity index (χ1v) is 9.08. The van der Waals surface area contributed by atoms with Gasteiger partial charge >= 0.3 is 5.97 Å². The number of aromatic nitrogens is 2. The molecule has 134 valence electrons. The molecular weight excluding hydrogens is 316 g/mol. The van der Waals surface area contributed by atoms with E-state index >= 15 is 0 Å². The lowest BCUT2D eigenvalue weighted by atomic mass is 9.92. The van der Waals surface area contributed by atoms with Gasteiger partial charge in [-0.15, -0.1) is 0 Å². The van der Waals surface area contributed by atoms with Gasteiger partial charge in [0.15, 0.2) is 0 Å². The van der Waals surface area contributed by atoms with Crippen molar-refractivity contribution < 1.29 is 15.0 Å². The summed E-state index contributed by atoms with van der Waals surface area (Å²) in [6.45, 7) is 5.96. The van der Waals surface area contributed by atoms with Crippen LogP contribution in [0.3, 0.4) is 0 Å². The van der Waals surface area contributed by atoms with Gasteiger partial charge in [-0.2, -0.15) is 5.10 Å². The molecule has 1 aromatic carbocycles. The number of carboxylic acid groups (broad SMARTS) is 1. The molecule has 1 heterocycles. The zero-order chi connectivity index (χ0) is 18.1. The van der Waals surface area contributed by atoms with Gasteiger partial charge in [0.1, 0.15) is 12.3 Å². The van der Waals surface area contributed by atoms with Crippen molar-refractivity contribution in [2.45, 2.75) is 65.8 Å². The molecule has 0 atom stereocenters. The van der Waals surface area contributed by atoms with Crippen LogP contribution in [0.4, 0.5) is 0 Å². The van der Waals surface area contributed by atoms with Crippen LogP contribution >= 0.6 is 0 Å². The number of carbonyl (C=O) groups is 1. The Morgan fingerprint density at radius 2 is 1.96 bits per heavy atom. The number of phenolic OH excluding ortho intramolecular Hbond substituents is 1. The fourth-order valence-electron chi connectivity index (χ4n) is 4.09. The predicted molar refractivity (Wildman–Crippen MR) is 96.3 cm³/mol. The average Bonchev–Trinajstić information content (AvgIpc) is 3.17. The predicted octanol–water partition coefficient (Wildman–Crippen LogP) is 3.19. The van der Waals surface area contributed by atoms with Gasteiger partial charge in [-0.25, -0.2) is 0 Å². The molecule has 25 heavy (non-hydrogen) atoms. The van der Waals surface area contributed by atoms with Gasteiger partial charge in [0, 0.05) is 17.7 Å². The Labute approximate surface area is 148 Å². The summed E-state index contributed by atoms with van der Waals surface area (Å²) in [5.74, 6) is -0.419.